The van der Waals surface area contributed by atoms with Crippen LogP contribution in [-0.4, -0.2) is 16.8 Å². The van der Waals surface area contributed by atoms with Gasteiger partial charge in [0.1, 0.15) is 11.5 Å². The number of hydrogen-bond acceptors (Lipinski definition) is 4. The number of aromatic nitrogens is 2. The molecule has 1 heterocycles. The highest BCUT2D eigenvalue weighted by atomic mass is 35.5. The SMILES string of the molecule is CCOc1cccc(Oc2ccc(Cl)nn2)c1. The molecule has 0 amide bonds. The Kier molecular flexibility index (Phi) is 3.77. The van der Waals surface area contributed by atoms with Gasteiger partial charge in [-0.15, -0.1) is 10.2 Å². The van der Waals surface area contributed by atoms with E-state index in [-0.39, 0.29) is 0 Å². The van der Waals surface area contributed by atoms with Crippen molar-refractivity contribution >= 4 is 11.6 Å². The number of hydrogen-bond donors (Lipinski definition) is 0. The van der Waals surface area contributed by atoms with Gasteiger partial charge in [0.15, 0.2) is 5.15 Å². The van der Waals surface area contributed by atoms with E-state index in [1.165, 1.54) is 0 Å². The van der Waals surface area contributed by atoms with Gasteiger partial charge in [-0.3, -0.25) is 0 Å². The van der Waals surface area contributed by atoms with Crippen LogP contribution in [0.3, 0.4) is 0 Å². The number of rotatable bonds is 4. The van der Waals surface area contributed by atoms with Crippen molar-refractivity contribution in [3.63, 3.8) is 0 Å². The standard InChI is InChI=1S/C12H11ClN2O2/c1-2-16-9-4-3-5-10(8-9)17-12-7-6-11(13)14-15-12/h3-8H,2H2,1H3. The molecule has 0 fully saturated rings. The predicted octanol–water partition coefficient (Wildman–Crippen LogP) is 3.32. The lowest BCUT2D eigenvalue weighted by molar-refractivity contribution is 0.338. The molecule has 0 unspecified atom stereocenters. The summed E-state index contributed by atoms with van der Waals surface area (Å²) in [6, 6.07) is 10.6. The Bertz CT molecular complexity index is 488. The minimum Gasteiger partial charge on any atom is -0.494 e. The molecule has 0 spiro atoms. The van der Waals surface area contributed by atoms with Crippen LogP contribution < -0.4 is 9.47 Å². The summed E-state index contributed by atoms with van der Waals surface area (Å²) in [5, 5.41) is 7.83. The van der Waals surface area contributed by atoms with Gasteiger partial charge in [0, 0.05) is 12.1 Å². The maximum Gasteiger partial charge on any atom is 0.238 e. The second-order valence-corrected chi connectivity index (χ2v) is 3.59. The van der Waals surface area contributed by atoms with Crippen LogP contribution in [0.15, 0.2) is 36.4 Å². The molecule has 17 heavy (non-hydrogen) atoms. The van der Waals surface area contributed by atoms with Crippen molar-refractivity contribution in [1.29, 1.82) is 0 Å². The topological polar surface area (TPSA) is 44.2 Å². The van der Waals surface area contributed by atoms with Crippen molar-refractivity contribution in [2.24, 2.45) is 0 Å². The quantitative estimate of drug-likeness (QED) is 0.835. The van der Waals surface area contributed by atoms with Crippen molar-refractivity contribution < 1.29 is 9.47 Å². The average Bonchev–Trinajstić information content (AvgIpc) is 2.33. The molecule has 1 aromatic heterocycles. The molecule has 0 saturated carbocycles. The van der Waals surface area contributed by atoms with Gasteiger partial charge in [0.25, 0.3) is 0 Å². The van der Waals surface area contributed by atoms with Gasteiger partial charge in [-0.25, -0.2) is 0 Å². The van der Waals surface area contributed by atoms with Gasteiger partial charge in [-0.2, -0.15) is 0 Å². The minimum absolute atomic E-state index is 0.334. The highest BCUT2D eigenvalue weighted by Gasteiger charge is 2.01. The Morgan fingerprint density at radius 1 is 1.12 bits per heavy atom. The average molecular weight is 251 g/mol. The van der Waals surface area contributed by atoms with Crippen LogP contribution >= 0.6 is 11.6 Å². The Labute approximate surface area is 104 Å². The van der Waals surface area contributed by atoms with Gasteiger partial charge >= 0.3 is 0 Å². The van der Waals surface area contributed by atoms with E-state index in [0.29, 0.717) is 23.4 Å². The number of benzene rings is 1. The number of halogens is 1. The number of nitrogens with zero attached hydrogens (tertiary/aromatic N) is 2. The first-order valence-corrected chi connectivity index (χ1v) is 5.55. The summed E-state index contributed by atoms with van der Waals surface area (Å²) in [6.07, 6.45) is 0. The van der Waals surface area contributed by atoms with Crippen molar-refractivity contribution in [2.45, 2.75) is 6.92 Å². The van der Waals surface area contributed by atoms with Crippen molar-refractivity contribution in [2.75, 3.05) is 6.61 Å². The van der Waals surface area contributed by atoms with E-state index in [9.17, 15) is 0 Å². The normalized spacial score (nSPS) is 10.0. The molecule has 1 aromatic carbocycles. The number of ether oxygens (including phenoxy) is 2. The lowest BCUT2D eigenvalue weighted by Crippen LogP contribution is -1.93. The van der Waals surface area contributed by atoms with Crippen molar-refractivity contribution in [3.8, 4) is 17.4 Å². The maximum atomic E-state index is 5.63. The first-order valence-electron chi connectivity index (χ1n) is 5.18. The molecule has 0 aliphatic rings. The molecule has 0 saturated heterocycles. The van der Waals surface area contributed by atoms with Crippen LogP contribution in [0.25, 0.3) is 0 Å². The van der Waals surface area contributed by atoms with E-state index in [0.717, 1.165) is 5.75 Å². The van der Waals surface area contributed by atoms with Crippen LogP contribution in [0, 0.1) is 0 Å². The van der Waals surface area contributed by atoms with Crippen LogP contribution in [0.1, 0.15) is 6.92 Å². The Morgan fingerprint density at radius 3 is 2.65 bits per heavy atom. The van der Waals surface area contributed by atoms with Crippen molar-refractivity contribution in [1.82, 2.24) is 10.2 Å². The zero-order valence-electron chi connectivity index (χ0n) is 9.26. The fourth-order valence-corrected chi connectivity index (χ4v) is 1.37. The van der Waals surface area contributed by atoms with Gasteiger partial charge in [-0.1, -0.05) is 17.7 Å². The molecule has 0 N–H and O–H groups in total. The molecule has 0 atom stereocenters. The van der Waals surface area contributed by atoms with E-state index < -0.39 is 0 Å². The lowest BCUT2D eigenvalue weighted by atomic mass is 10.3. The molecule has 88 valence electrons. The Balaban J connectivity index is 2.12. The van der Waals surface area contributed by atoms with E-state index in [4.69, 9.17) is 21.1 Å². The summed E-state index contributed by atoms with van der Waals surface area (Å²) in [5.41, 5.74) is 0. The van der Waals surface area contributed by atoms with Gasteiger partial charge in [0.2, 0.25) is 5.88 Å². The molecular formula is C12H11ClN2O2. The molecule has 0 bridgehead atoms. The molecule has 2 aromatic rings. The molecule has 2 rings (SSSR count). The van der Waals surface area contributed by atoms with Crippen molar-refractivity contribution in [3.05, 3.63) is 41.6 Å². The highest BCUT2D eigenvalue weighted by molar-refractivity contribution is 6.29. The largest absolute Gasteiger partial charge is 0.494 e. The van der Waals surface area contributed by atoms with E-state index in [1.54, 1.807) is 18.2 Å². The minimum atomic E-state index is 0.334. The van der Waals surface area contributed by atoms with Gasteiger partial charge < -0.3 is 9.47 Å². The highest BCUT2D eigenvalue weighted by Crippen LogP contribution is 2.23. The zero-order valence-corrected chi connectivity index (χ0v) is 10.0. The predicted molar refractivity (Wildman–Crippen MR) is 64.7 cm³/mol. The molecule has 0 radical (unpaired) electrons. The Hall–Kier alpha value is -1.81. The molecule has 0 aliphatic heterocycles. The summed E-state index contributed by atoms with van der Waals surface area (Å²) in [4.78, 5) is 0. The maximum absolute atomic E-state index is 5.63. The van der Waals surface area contributed by atoms with Crippen LogP contribution in [0.2, 0.25) is 5.15 Å². The summed E-state index contributed by atoms with van der Waals surface area (Å²) in [5.74, 6) is 1.79. The second-order valence-electron chi connectivity index (χ2n) is 3.20. The molecule has 5 heteroatoms. The van der Waals surface area contributed by atoms with Crippen LogP contribution in [0.5, 0.6) is 17.4 Å². The van der Waals surface area contributed by atoms with E-state index >= 15 is 0 Å². The fraction of sp³-hybridized carbons (Fsp3) is 0.167. The Morgan fingerprint density at radius 2 is 1.94 bits per heavy atom. The second kappa shape index (κ2) is 5.50. The van der Waals surface area contributed by atoms with Gasteiger partial charge in [0.05, 0.1) is 6.61 Å². The first kappa shape index (κ1) is 11.7. The molecule has 0 aliphatic carbocycles. The molecular weight excluding hydrogens is 240 g/mol. The van der Waals surface area contributed by atoms with Gasteiger partial charge in [-0.05, 0) is 25.1 Å². The third-order valence-electron chi connectivity index (χ3n) is 1.95. The van der Waals surface area contributed by atoms with Crippen LogP contribution in [0.4, 0.5) is 0 Å². The monoisotopic (exact) mass is 250 g/mol. The summed E-state index contributed by atoms with van der Waals surface area (Å²) < 4.78 is 10.9. The lowest BCUT2D eigenvalue weighted by Gasteiger charge is -2.06. The third kappa shape index (κ3) is 3.32. The fourth-order valence-electron chi connectivity index (χ4n) is 1.27. The van der Waals surface area contributed by atoms with E-state index in [1.807, 2.05) is 25.1 Å². The first-order chi connectivity index (χ1) is 8.28. The summed E-state index contributed by atoms with van der Waals surface area (Å²) in [6.45, 7) is 2.54. The summed E-state index contributed by atoms with van der Waals surface area (Å²) in [7, 11) is 0. The molecule has 4 nitrogen and oxygen atoms in total. The zero-order chi connectivity index (χ0) is 12.1. The summed E-state index contributed by atoms with van der Waals surface area (Å²) >= 11 is 5.63. The van der Waals surface area contributed by atoms with E-state index in [2.05, 4.69) is 10.2 Å². The van der Waals surface area contributed by atoms with Crippen LogP contribution in [-0.2, 0) is 0 Å². The smallest absolute Gasteiger partial charge is 0.238 e. The third-order valence-corrected chi connectivity index (χ3v) is 2.15.